The Morgan fingerprint density at radius 2 is 2.09 bits per heavy atom. The Morgan fingerprint density at radius 1 is 1.43 bits per heavy atom. The molecule has 2 rings (SSSR count). The number of carbonyl (C=O) groups excluding carboxylic acids is 1. The standard InChI is InChI=1S/C14H23F3N2O3.ClH/c1-12(2)10-9(4-3-6-22-10)14(12,18)11(20)19-5-7-21-8-13(15,16)17;/h9-10H,3-8,18H2,1-2H3,(H,19,20);1H. The van der Waals surface area contributed by atoms with Gasteiger partial charge in [-0.05, 0) is 12.8 Å². The molecule has 0 spiro atoms. The fourth-order valence-corrected chi connectivity index (χ4v) is 3.61. The smallest absolute Gasteiger partial charge is 0.377 e. The zero-order chi connectivity index (χ0) is 16.6. The summed E-state index contributed by atoms with van der Waals surface area (Å²) < 4.78 is 46.0. The maximum Gasteiger partial charge on any atom is 0.411 e. The summed E-state index contributed by atoms with van der Waals surface area (Å²) in [7, 11) is 0. The molecular weight excluding hydrogens is 337 g/mol. The van der Waals surface area contributed by atoms with Gasteiger partial charge in [0.2, 0.25) is 5.91 Å². The first kappa shape index (κ1) is 20.5. The molecule has 1 aliphatic carbocycles. The van der Waals surface area contributed by atoms with E-state index in [0.717, 1.165) is 12.8 Å². The van der Waals surface area contributed by atoms with Crippen LogP contribution in [0.25, 0.3) is 0 Å². The number of nitrogens with two attached hydrogens (primary N) is 1. The third kappa shape index (κ3) is 3.75. The van der Waals surface area contributed by atoms with Crippen molar-refractivity contribution in [2.45, 2.75) is 44.5 Å². The highest BCUT2D eigenvalue weighted by molar-refractivity contribution is 5.89. The Bertz CT molecular complexity index is 434. The first-order valence-electron chi connectivity index (χ1n) is 7.44. The van der Waals surface area contributed by atoms with Gasteiger partial charge in [-0.15, -0.1) is 12.4 Å². The van der Waals surface area contributed by atoms with Crippen LogP contribution in [-0.2, 0) is 14.3 Å². The van der Waals surface area contributed by atoms with E-state index in [9.17, 15) is 18.0 Å². The molecule has 2 aliphatic rings. The number of nitrogens with one attached hydrogen (secondary N) is 1. The summed E-state index contributed by atoms with van der Waals surface area (Å²) >= 11 is 0. The average molecular weight is 361 g/mol. The summed E-state index contributed by atoms with van der Waals surface area (Å²) in [5.41, 5.74) is 4.79. The van der Waals surface area contributed by atoms with Crippen LogP contribution in [0.15, 0.2) is 0 Å². The fourth-order valence-electron chi connectivity index (χ4n) is 3.61. The molecule has 9 heteroatoms. The number of halogens is 4. The maximum atomic E-state index is 12.4. The molecule has 0 aromatic carbocycles. The molecule has 5 nitrogen and oxygen atoms in total. The predicted octanol–water partition coefficient (Wildman–Crippen LogP) is 1.64. The van der Waals surface area contributed by atoms with Gasteiger partial charge in [0, 0.05) is 24.5 Å². The van der Waals surface area contributed by atoms with E-state index in [2.05, 4.69) is 10.1 Å². The lowest BCUT2D eigenvalue weighted by Gasteiger charge is -2.65. The van der Waals surface area contributed by atoms with E-state index in [-0.39, 0.29) is 43.5 Å². The van der Waals surface area contributed by atoms with Crippen LogP contribution in [0.3, 0.4) is 0 Å². The van der Waals surface area contributed by atoms with Crippen LogP contribution < -0.4 is 11.1 Å². The van der Waals surface area contributed by atoms with Crippen LogP contribution in [0.5, 0.6) is 0 Å². The first-order valence-corrected chi connectivity index (χ1v) is 7.44. The Balaban J connectivity index is 0.00000264. The second kappa shape index (κ2) is 7.13. The van der Waals surface area contributed by atoms with E-state index in [0.29, 0.717) is 6.61 Å². The van der Waals surface area contributed by atoms with Crippen molar-refractivity contribution in [1.29, 1.82) is 0 Å². The van der Waals surface area contributed by atoms with Crippen LogP contribution in [0.2, 0.25) is 0 Å². The molecule has 1 aliphatic heterocycles. The zero-order valence-electron chi connectivity index (χ0n) is 13.2. The molecular formula is C14H24ClF3N2O3. The third-order valence-electron chi connectivity index (χ3n) is 4.86. The molecule has 1 amide bonds. The lowest BCUT2D eigenvalue weighted by molar-refractivity contribution is -0.225. The monoisotopic (exact) mass is 360 g/mol. The first-order chi connectivity index (χ1) is 10.1. The minimum Gasteiger partial charge on any atom is -0.377 e. The lowest BCUT2D eigenvalue weighted by atomic mass is 9.46. The normalized spacial score (nSPS) is 32.3. The molecule has 3 N–H and O–H groups in total. The van der Waals surface area contributed by atoms with Gasteiger partial charge >= 0.3 is 6.18 Å². The Kier molecular flexibility index (Phi) is 6.34. The highest BCUT2D eigenvalue weighted by Gasteiger charge is 2.70. The Hall–Kier alpha value is -0.570. The van der Waals surface area contributed by atoms with E-state index >= 15 is 0 Å². The summed E-state index contributed by atoms with van der Waals surface area (Å²) in [6.07, 6.45) is -2.72. The van der Waals surface area contributed by atoms with Crippen LogP contribution >= 0.6 is 12.4 Å². The number of carbonyl (C=O) groups is 1. The molecule has 1 heterocycles. The van der Waals surface area contributed by atoms with Gasteiger partial charge in [-0.3, -0.25) is 4.79 Å². The van der Waals surface area contributed by atoms with Crippen LogP contribution in [0.1, 0.15) is 26.7 Å². The Labute approximate surface area is 139 Å². The van der Waals surface area contributed by atoms with Gasteiger partial charge in [0.15, 0.2) is 0 Å². The maximum absolute atomic E-state index is 12.4. The van der Waals surface area contributed by atoms with Gasteiger partial charge in [0.05, 0.1) is 12.7 Å². The summed E-state index contributed by atoms with van der Waals surface area (Å²) in [6, 6.07) is 0. The van der Waals surface area contributed by atoms with Gasteiger partial charge in [0.25, 0.3) is 0 Å². The van der Waals surface area contributed by atoms with Crippen molar-refractivity contribution < 1.29 is 27.4 Å². The molecule has 0 radical (unpaired) electrons. The van der Waals surface area contributed by atoms with Crippen molar-refractivity contribution in [3.8, 4) is 0 Å². The quantitative estimate of drug-likeness (QED) is 0.731. The molecule has 3 unspecified atom stereocenters. The lowest BCUT2D eigenvalue weighted by Crippen LogP contribution is -2.82. The van der Waals surface area contributed by atoms with Gasteiger partial charge in [-0.25, -0.2) is 0 Å². The number of hydrogen-bond donors (Lipinski definition) is 2. The summed E-state index contributed by atoms with van der Waals surface area (Å²) in [5.74, 6) is -0.396. The van der Waals surface area contributed by atoms with Gasteiger partial charge in [0.1, 0.15) is 12.1 Å². The summed E-state index contributed by atoms with van der Waals surface area (Å²) in [5, 5.41) is 2.59. The van der Waals surface area contributed by atoms with Crippen molar-refractivity contribution in [2.24, 2.45) is 17.1 Å². The molecule has 23 heavy (non-hydrogen) atoms. The van der Waals surface area contributed by atoms with Crippen molar-refractivity contribution in [3.63, 3.8) is 0 Å². The second-order valence-electron chi connectivity index (χ2n) is 6.55. The molecule has 136 valence electrons. The number of amides is 1. The zero-order valence-corrected chi connectivity index (χ0v) is 14.1. The van der Waals surface area contributed by atoms with E-state index in [4.69, 9.17) is 10.5 Å². The van der Waals surface area contributed by atoms with Crippen molar-refractivity contribution in [2.75, 3.05) is 26.4 Å². The van der Waals surface area contributed by atoms with Crippen LogP contribution in [0, 0.1) is 11.3 Å². The molecule has 1 saturated carbocycles. The highest BCUT2D eigenvalue weighted by Crippen LogP contribution is 2.57. The summed E-state index contributed by atoms with van der Waals surface area (Å²) in [4.78, 5) is 12.4. The predicted molar refractivity (Wildman–Crippen MR) is 80.3 cm³/mol. The number of fused-ring (bicyclic) bond motifs is 1. The second-order valence-corrected chi connectivity index (χ2v) is 6.55. The number of ether oxygens (including phenoxy) is 2. The SMILES string of the molecule is CC1(C)C2OCCCC2C1(N)C(=O)NCCOCC(F)(F)F.Cl. The summed E-state index contributed by atoms with van der Waals surface area (Å²) in [6.45, 7) is 2.93. The molecule has 1 saturated heterocycles. The van der Waals surface area contributed by atoms with E-state index in [1.165, 1.54) is 0 Å². The van der Waals surface area contributed by atoms with Crippen LogP contribution in [-0.4, -0.2) is 50.1 Å². The molecule has 2 fully saturated rings. The van der Waals surface area contributed by atoms with Gasteiger partial charge < -0.3 is 20.5 Å². The van der Waals surface area contributed by atoms with E-state index in [1.54, 1.807) is 0 Å². The number of hydrogen-bond acceptors (Lipinski definition) is 4. The minimum atomic E-state index is -4.36. The largest absolute Gasteiger partial charge is 0.411 e. The van der Waals surface area contributed by atoms with Crippen molar-refractivity contribution in [1.82, 2.24) is 5.32 Å². The van der Waals surface area contributed by atoms with E-state index in [1.807, 2.05) is 13.8 Å². The number of alkyl halides is 3. The molecule has 3 atom stereocenters. The minimum absolute atomic E-state index is 0. The molecule has 0 aromatic rings. The molecule has 0 aromatic heterocycles. The van der Waals surface area contributed by atoms with Crippen molar-refractivity contribution >= 4 is 18.3 Å². The van der Waals surface area contributed by atoms with Crippen molar-refractivity contribution in [3.05, 3.63) is 0 Å². The highest BCUT2D eigenvalue weighted by atomic mass is 35.5. The van der Waals surface area contributed by atoms with Gasteiger partial charge in [-0.2, -0.15) is 13.2 Å². The number of rotatable bonds is 5. The molecule has 0 bridgehead atoms. The van der Waals surface area contributed by atoms with Crippen LogP contribution in [0.4, 0.5) is 13.2 Å². The topological polar surface area (TPSA) is 73.6 Å². The fraction of sp³-hybridized carbons (Fsp3) is 0.929. The third-order valence-corrected chi connectivity index (χ3v) is 4.86. The Morgan fingerprint density at radius 3 is 2.70 bits per heavy atom. The average Bonchev–Trinajstić information content (AvgIpc) is 2.44. The van der Waals surface area contributed by atoms with E-state index < -0.39 is 23.7 Å². The van der Waals surface area contributed by atoms with Gasteiger partial charge in [-0.1, -0.05) is 13.8 Å².